The molecular weight excluding hydrogens is 232 g/mol. The highest BCUT2D eigenvalue weighted by Crippen LogP contribution is 2.19. The number of hydrogen-bond acceptors (Lipinski definition) is 6. The minimum Gasteiger partial charge on any atom is -0.394 e. The van der Waals surface area contributed by atoms with Crippen molar-refractivity contribution in [1.29, 1.82) is 0 Å². The number of hydrogen-bond donors (Lipinski definition) is 3. The highest BCUT2D eigenvalue weighted by molar-refractivity contribution is 5.57. The summed E-state index contributed by atoms with van der Waals surface area (Å²) >= 11 is 0. The number of aromatic nitrogens is 2. The molecule has 0 spiro atoms. The molecule has 0 unspecified atom stereocenters. The normalized spacial score (nSPS) is 10.4. The molecule has 18 heavy (non-hydrogen) atoms. The van der Waals surface area contributed by atoms with Crippen LogP contribution in [0.4, 0.5) is 11.6 Å². The molecule has 0 aromatic carbocycles. The molecule has 0 aliphatic heterocycles. The molecular formula is C12H22N4O2. The van der Waals surface area contributed by atoms with Gasteiger partial charge in [0.05, 0.1) is 19.8 Å². The summed E-state index contributed by atoms with van der Waals surface area (Å²) < 4.78 is 5.18. The van der Waals surface area contributed by atoms with Gasteiger partial charge in [0.2, 0.25) is 0 Å². The Bertz CT molecular complexity index is 347. The molecule has 0 amide bonds. The number of ether oxygens (including phenoxy) is 1. The number of anilines is 2. The van der Waals surface area contributed by atoms with Gasteiger partial charge in [-0.3, -0.25) is 0 Å². The summed E-state index contributed by atoms with van der Waals surface area (Å²) in [5.41, 5.74) is 1.08. The molecule has 0 fully saturated rings. The number of nitrogens with one attached hydrogen (secondary N) is 2. The number of nitrogens with zero attached hydrogens (tertiary/aromatic N) is 2. The van der Waals surface area contributed by atoms with Crippen LogP contribution in [-0.2, 0) is 11.2 Å². The molecule has 0 saturated heterocycles. The topological polar surface area (TPSA) is 79.3 Å². The van der Waals surface area contributed by atoms with Crippen molar-refractivity contribution in [2.45, 2.75) is 20.3 Å². The van der Waals surface area contributed by atoms with Gasteiger partial charge in [-0.1, -0.05) is 6.92 Å². The third-order valence-corrected chi connectivity index (χ3v) is 2.42. The van der Waals surface area contributed by atoms with Gasteiger partial charge in [0.25, 0.3) is 0 Å². The molecule has 0 aliphatic carbocycles. The maximum absolute atomic E-state index is 8.59. The fourth-order valence-corrected chi connectivity index (χ4v) is 1.63. The van der Waals surface area contributed by atoms with E-state index < -0.39 is 0 Å². The molecule has 0 radical (unpaired) electrons. The van der Waals surface area contributed by atoms with Crippen LogP contribution in [-0.4, -0.2) is 48.0 Å². The zero-order valence-electron chi connectivity index (χ0n) is 11.1. The first-order valence-corrected chi connectivity index (χ1v) is 6.33. The monoisotopic (exact) mass is 254 g/mol. The second kappa shape index (κ2) is 8.66. The van der Waals surface area contributed by atoms with Gasteiger partial charge < -0.3 is 20.5 Å². The van der Waals surface area contributed by atoms with Gasteiger partial charge in [-0.05, 0) is 13.3 Å². The zero-order chi connectivity index (χ0) is 13.2. The van der Waals surface area contributed by atoms with E-state index in [9.17, 15) is 0 Å². The number of rotatable bonds is 9. The van der Waals surface area contributed by atoms with Crippen LogP contribution >= 0.6 is 0 Å². The van der Waals surface area contributed by atoms with Crippen LogP contribution in [0.5, 0.6) is 0 Å². The maximum atomic E-state index is 8.59. The minimum atomic E-state index is 0.0539. The van der Waals surface area contributed by atoms with Crippen LogP contribution < -0.4 is 10.6 Å². The molecule has 1 heterocycles. The lowest BCUT2D eigenvalue weighted by Gasteiger charge is -2.13. The van der Waals surface area contributed by atoms with Gasteiger partial charge in [0.1, 0.15) is 18.0 Å². The van der Waals surface area contributed by atoms with Gasteiger partial charge >= 0.3 is 0 Å². The molecule has 6 nitrogen and oxygen atoms in total. The van der Waals surface area contributed by atoms with Crippen LogP contribution in [0.2, 0.25) is 0 Å². The van der Waals surface area contributed by atoms with Crippen LogP contribution in [0.3, 0.4) is 0 Å². The summed E-state index contributed by atoms with van der Waals surface area (Å²) in [6.07, 6.45) is 2.41. The Labute approximate surface area is 108 Å². The summed E-state index contributed by atoms with van der Waals surface area (Å²) in [6, 6.07) is 0. The van der Waals surface area contributed by atoms with Crippen molar-refractivity contribution < 1.29 is 9.84 Å². The first-order valence-electron chi connectivity index (χ1n) is 6.33. The van der Waals surface area contributed by atoms with Crippen molar-refractivity contribution in [1.82, 2.24) is 9.97 Å². The number of aliphatic hydroxyl groups excluding tert-OH is 1. The molecule has 1 aromatic heterocycles. The fraction of sp³-hybridized carbons (Fsp3) is 0.667. The summed E-state index contributed by atoms with van der Waals surface area (Å²) in [7, 11) is 0. The van der Waals surface area contributed by atoms with Crippen LogP contribution in [0, 0.1) is 0 Å². The Hall–Kier alpha value is -1.40. The van der Waals surface area contributed by atoms with E-state index in [0.717, 1.165) is 30.2 Å². The van der Waals surface area contributed by atoms with E-state index in [1.165, 1.54) is 0 Å². The average Bonchev–Trinajstić information content (AvgIpc) is 2.39. The van der Waals surface area contributed by atoms with E-state index in [0.29, 0.717) is 19.8 Å². The lowest BCUT2D eigenvalue weighted by molar-refractivity contribution is 0.0992. The predicted molar refractivity (Wildman–Crippen MR) is 72.0 cm³/mol. The molecule has 0 saturated carbocycles. The Morgan fingerprint density at radius 2 is 1.89 bits per heavy atom. The molecule has 6 heteroatoms. The Kier molecular flexibility index (Phi) is 7.05. The van der Waals surface area contributed by atoms with Crippen molar-refractivity contribution in [3.05, 3.63) is 11.9 Å². The predicted octanol–water partition coefficient (Wildman–Crippen LogP) is 0.892. The Morgan fingerprint density at radius 3 is 2.50 bits per heavy atom. The van der Waals surface area contributed by atoms with Crippen molar-refractivity contribution in [2.75, 3.05) is 43.5 Å². The first-order chi connectivity index (χ1) is 8.83. The Morgan fingerprint density at radius 1 is 1.17 bits per heavy atom. The van der Waals surface area contributed by atoms with Crippen LogP contribution in [0.1, 0.15) is 19.4 Å². The highest BCUT2D eigenvalue weighted by atomic mass is 16.5. The molecule has 0 aliphatic rings. The van der Waals surface area contributed by atoms with Crippen LogP contribution in [0.15, 0.2) is 6.33 Å². The van der Waals surface area contributed by atoms with Gasteiger partial charge in [0.15, 0.2) is 0 Å². The smallest absolute Gasteiger partial charge is 0.134 e. The minimum absolute atomic E-state index is 0.0539. The van der Waals surface area contributed by atoms with Crippen molar-refractivity contribution in [2.24, 2.45) is 0 Å². The fourth-order valence-electron chi connectivity index (χ4n) is 1.63. The average molecular weight is 254 g/mol. The van der Waals surface area contributed by atoms with E-state index in [1.54, 1.807) is 6.33 Å². The molecule has 0 atom stereocenters. The molecule has 3 N–H and O–H groups in total. The van der Waals surface area contributed by atoms with E-state index in [-0.39, 0.29) is 6.61 Å². The van der Waals surface area contributed by atoms with Crippen molar-refractivity contribution in [3.63, 3.8) is 0 Å². The standard InChI is InChI=1S/C12H22N4O2/c1-3-10-11(13-4-2)15-9-16-12(10)14-5-7-18-8-6-17/h9,17H,3-8H2,1-2H3,(H2,13,14,15,16). The SMILES string of the molecule is CCNc1ncnc(NCCOCCO)c1CC. The van der Waals surface area contributed by atoms with E-state index in [4.69, 9.17) is 9.84 Å². The molecule has 1 aromatic rings. The summed E-state index contributed by atoms with van der Waals surface area (Å²) in [5, 5.41) is 15.0. The second-order valence-corrected chi connectivity index (χ2v) is 3.70. The lowest BCUT2D eigenvalue weighted by atomic mass is 10.2. The zero-order valence-corrected chi connectivity index (χ0v) is 11.1. The largest absolute Gasteiger partial charge is 0.394 e. The van der Waals surface area contributed by atoms with Gasteiger partial charge in [-0.2, -0.15) is 0 Å². The second-order valence-electron chi connectivity index (χ2n) is 3.70. The highest BCUT2D eigenvalue weighted by Gasteiger charge is 2.08. The van der Waals surface area contributed by atoms with E-state index >= 15 is 0 Å². The van der Waals surface area contributed by atoms with Gasteiger partial charge in [-0.25, -0.2) is 9.97 Å². The Balaban J connectivity index is 2.55. The summed E-state index contributed by atoms with van der Waals surface area (Å²) in [6.45, 7) is 6.58. The molecule has 102 valence electrons. The lowest BCUT2D eigenvalue weighted by Crippen LogP contribution is -2.14. The third kappa shape index (κ3) is 4.46. The van der Waals surface area contributed by atoms with E-state index in [1.807, 2.05) is 6.92 Å². The van der Waals surface area contributed by atoms with Gasteiger partial charge in [-0.15, -0.1) is 0 Å². The first kappa shape index (κ1) is 14.7. The van der Waals surface area contributed by atoms with Crippen molar-refractivity contribution >= 4 is 11.6 Å². The van der Waals surface area contributed by atoms with E-state index in [2.05, 4.69) is 27.5 Å². The van der Waals surface area contributed by atoms with Crippen LogP contribution in [0.25, 0.3) is 0 Å². The summed E-state index contributed by atoms with van der Waals surface area (Å²) in [5.74, 6) is 1.73. The molecule has 0 bridgehead atoms. The maximum Gasteiger partial charge on any atom is 0.134 e. The summed E-state index contributed by atoms with van der Waals surface area (Å²) in [4.78, 5) is 8.47. The quantitative estimate of drug-likeness (QED) is 0.568. The third-order valence-electron chi connectivity index (χ3n) is 2.42. The van der Waals surface area contributed by atoms with Crippen molar-refractivity contribution in [3.8, 4) is 0 Å². The number of aliphatic hydroxyl groups is 1. The molecule has 1 rings (SSSR count). The van der Waals surface area contributed by atoms with Gasteiger partial charge in [0, 0.05) is 18.7 Å².